The summed E-state index contributed by atoms with van der Waals surface area (Å²) in [5.74, 6) is -0.383. The highest BCUT2D eigenvalue weighted by atomic mass is 35.5. The summed E-state index contributed by atoms with van der Waals surface area (Å²) in [6.45, 7) is 9.10. The predicted molar refractivity (Wildman–Crippen MR) is 131 cm³/mol. The number of nitrogens with zero attached hydrogens (tertiary/aromatic N) is 6. The fourth-order valence-corrected chi connectivity index (χ4v) is 3.89. The average Bonchev–Trinajstić information content (AvgIpc) is 3.39. The fraction of sp³-hybridized carbons (Fsp3) is 0.391. The summed E-state index contributed by atoms with van der Waals surface area (Å²) < 4.78 is 23.7. The van der Waals surface area contributed by atoms with Gasteiger partial charge in [0.05, 0.1) is 28.8 Å². The molecular weight excluding hydrogens is 458 g/mol. The smallest absolute Gasteiger partial charge is 0.311 e. The maximum absolute atomic E-state index is 14.3. The van der Waals surface area contributed by atoms with Crippen molar-refractivity contribution in [3.05, 3.63) is 59.7 Å². The molecule has 34 heavy (non-hydrogen) atoms. The van der Waals surface area contributed by atoms with Crippen LogP contribution in [0.1, 0.15) is 52.8 Å². The Balaban J connectivity index is 1.74. The van der Waals surface area contributed by atoms with E-state index in [1.54, 1.807) is 38.2 Å². The van der Waals surface area contributed by atoms with Crippen molar-refractivity contribution in [2.24, 2.45) is 0 Å². The molecule has 4 rings (SSSR count). The highest BCUT2D eigenvalue weighted by molar-refractivity contribution is 6.53. The van der Waals surface area contributed by atoms with Gasteiger partial charge in [-0.25, -0.2) is 19.0 Å². The normalized spacial score (nSPS) is 13.4. The molecule has 1 unspecified atom stereocenters. The Labute approximate surface area is 203 Å². The van der Waals surface area contributed by atoms with Gasteiger partial charge in [0, 0.05) is 6.20 Å². The zero-order valence-corrected chi connectivity index (χ0v) is 20.6. The molecule has 3 aromatic heterocycles. The Bertz CT molecular complexity index is 1320. The molecule has 178 valence electrons. The predicted octanol–water partition coefficient (Wildman–Crippen LogP) is 3.35. The van der Waals surface area contributed by atoms with Crippen molar-refractivity contribution >= 4 is 35.6 Å². The SMILES string of the molecule is CCC(c1cn(-c2ccccc2F)nn1)n1cc(BOC(C)(C)C(C)(C)O)c2c(Cl)ncnc21. The van der Waals surface area contributed by atoms with Crippen LogP contribution in [0.2, 0.25) is 5.15 Å². The molecule has 0 bridgehead atoms. The number of rotatable bonds is 8. The molecule has 0 aliphatic carbocycles. The zero-order valence-electron chi connectivity index (χ0n) is 19.8. The van der Waals surface area contributed by atoms with Crippen LogP contribution in [0.5, 0.6) is 0 Å². The zero-order chi connectivity index (χ0) is 24.7. The number of fused-ring (bicyclic) bond motifs is 1. The van der Waals surface area contributed by atoms with Gasteiger partial charge in [0.2, 0.25) is 0 Å². The van der Waals surface area contributed by atoms with E-state index in [0.29, 0.717) is 34.0 Å². The molecule has 0 radical (unpaired) electrons. The lowest BCUT2D eigenvalue weighted by molar-refractivity contribution is -0.0893. The minimum Gasteiger partial charge on any atom is -0.427 e. The van der Waals surface area contributed by atoms with Gasteiger partial charge in [0.15, 0.2) is 0 Å². The lowest BCUT2D eigenvalue weighted by atomic mass is 9.83. The van der Waals surface area contributed by atoms with Crippen molar-refractivity contribution in [2.75, 3.05) is 0 Å². The van der Waals surface area contributed by atoms with Crippen LogP contribution in [0.25, 0.3) is 16.7 Å². The van der Waals surface area contributed by atoms with Crippen LogP contribution in [-0.2, 0) is 4.65 Å². The summed E-state index contributed by atoms with van der Waals surface area (Å²) in [5, 5.41) is 19.9. The van der Waals surface area contributed by atoms with E-state index in [0.717, 1.165) is 5.46 Å². The number of hydrogen-bond donors (Lipinski definition) is 1. The molecule has 1 atom stereocenters. The summed E-state index contributed by atoms with van der Waals surface area (Å²) in [4.78, 5) is 8.62. The first-order chi connectivity index (χ1) is 16.0. The van der Waals surface area contributed by atoms with Crippen molar-refractivity contribution in [3.8, 4) is 5.69 Å². The van der Waals surface area contributed by atoms with Crippen molar-refractivity contribution in [1.82, 2.24) is 29.5 Å². The number of halogens is 2. The number of aromatic nitrogens is 6. The Morgan fingerprint density at radius 3 is 2.59 bits per heavy atom. The second-order valence-electron chi connectivity index (χ2n) is 9.25. The standard InChI is InChI=1S/C23H27BClFN6O2/c1-6-17(16-12-32(30-29-16)18-10-8-7-9-15(18)26)31-11-14(19-20(25)27-13-28-21(19)31)24-34-23(4,5)22(2,3)33/h7-13,17,24,33H,6H2,1-5H3. The van der Waals surface area contributed by atoms with Crippen LogP contribution >= 0.6 is 11.6 Å². The Hall–Kier alpha value is -2.82. The number of hydrogen-bond acceptors (Lipinski definition) is 6. The molecule has 3 heterocycles. The van der Waals surface area contributed by atoms with Crippen molar-refractivity contribution in [3.63, 3.8) is 0 Å². The third-order valence-electron chi connectivity index (χ3n) is 6.38. The van der Waals surface area contributed by atoms with E-state index in [4.69, 9.17) is 16.3 Å². The van der Waals surface area contributed by atoms with Gasteiger partial charge in [-0.15, -0.1) is 5.10 Å². The second-order valence-corrected chi connectivity index (χ2v) is 9.60. The summed E-state index contributed by atoms with van der Waals surface area (Å²) in [5.41, 5.74) is 0.534. The summed E-state index contributed by atoms with van der Waals surface area (Å²) in [6, 6.07) is 6.17. The second kappa shape index (κ2) is 9.09. The van der Waals surface area contributed by atoms with E-state index in [-0.39, 0.29) is 19.3 Å². The molecular formula is C23H27BClFN6O2. The van der Waals surface area contributed by atoms with Gasteiger partial charge in [-0.1, -0.05) is 35.9 Å². The molecule has 4 aromatic rings. The average molecular weight is 485 g/mol. The lowest BCUT2D eigenvalue weighted by Crippen LogP contribution is -2.49. The van der Waals surface area contributed by atoms with E-state index in [1.807, 2.05) is 31.5 Å². The van der Waals surface area contributed by atoms with Gasteiger partial charge < -0.3 is 14.3 Å². The minimum absolute atomic E-state index is 0.200. The molecule has 0 aliphatic rings. The summed E-state index contributed by atoms with van der Waals surface area (Å²) in [6.07, 6.45) is 5.73. The Morgan fingerprint density at radius 2 is 1.91 bits per heavy atom. The molecule has 1 aromatic carbocycles. The van der Waals surface area contributed by atoms with E-state index in [1.165, 1.54) is 17.1 Å². The first-order valence-electron chi connectivity index (χ1n) is 11.1. The number of aliphatic hydroxyl groups is 1. The van der Waals surface area contributed by atoms with Crippen molar-refractivity contribution in [2.45, 2.75) is 58.3 Å². The van der Waals surface area contributed by atoms with E-state index < -0.39 is 11.2 Å². The fourth-order valence-electron chi connectivity index (χ4n) is 3.64. The van der Waals surface area contributed by atoms with Gasteiger partial charge in [0.25, 0.3) is 0 Å². The van der Waals surface area contributed by atoms with Gasteiger partial charge in [-0.05, 0) is 51.7 Å². The highest BCUT2D eigenvalue weighted by Gasteiger charge is 2.36. The molecule has 0 saturated carbocycles. The van der Waals surface area contributed by atoms with Crippen molar-refractivity contribution in [1.29, 1.82) is 0 Å². The van der Waals surface area contributed by atoms with Crippen LogP contribution in [-0.4, -0.2) is 53.3 Å². The topological polar surface area (TPSA) is 90.9 Å². The Morgan fingerprint density at radius 1 is 1.18 bits per heavy atom. The van der Waals surface area contributed by atoms with Crippen molar-refractivity contribution < 1.29 is 14.2 Å². The first kappa shape index (κ1) is 24.3. The van der Waals surface area contributed by atoms with Crippen LogP contribution in [0.3, 0.4) is 0 Å². The van der Waals surface area contributed by atoms with Crippen LogP contribution in [0.4, 0.5) is 4.39 Å². The first-order valence-corrected chi connectivity index (χ1v) is 11.4. The quantitative estimate of drug-likeness (QED) is 0.305. The molecule has 8 nitrogen and oxygen atoms in total. The van der Waals surface area contributed by atoms with E-state index >= 15 is 0 Å². The Kier molecular flexibility index (Phi) is 6.50. The van der Waals surface area contributed by atoms with Crippen LogP contribution < -0.4 is 5.46 Å². The molecule has 0 aliphatic heterocycles. The van der Waals surface area contributed by atoms with Crippen LogP contribution in [0.15, 0.2) is 43.0 Å². The van der Waals surface area contributed by atoms with E-state index in [2.05, 4.69) is 20.3 Å². The monoisotopic (exact) mass is 484 g/mol. The minimum atomic E-state index is -1.05. The number of benzene rings is 1. The molecule has 0 amide bonds. The molecule has 11 heteroatoms. The maximum atomic E-state index is 14.3. The molecule has 0 spiro atoms. The third-order valence-corrected chi connectivity index (χ3v) is 6.66. The van der Waals surface area contributed by atoms with Gasteiger partial charge in [0.1, 0.15) is 34.3 Å². The van der Waals surface area contributed by atoms with Gasteiger partial charge >= 0.3 is 7.48 Å². The molecule has 1 N–H and O–H groups in total. The number of para-hydroxylation sites is 1. The molecule has 0 saturated heterocycles. The highest BCUT2D eigenvalue weighted by Crippen LogP contribution is 2.29. The van der Waals surface area contributed by atoms with Gasteiger partial charge in [-0.2, -0.15) is 0 Å². The van der Waals surface area contributed by atoms with E-state index in [9.17, 15) is 9.50 Å². The largest absolute Gasteiger partial charge is 0.427 e. The summed E-state index contributed by atoms with van der Waals surface area (Å²) >= 11 is 6.47. The maximum Gasteiger partial charge on any atom is 0.311 e. The summed E-state index contributed by atoms with van der Waals surface area (Å²) in [7, 11) is 0.200. The van der Waals surface area contributed by atoms with Gasteiger partial charge in [-0.3, -0.25) is 0 Å². The van der Waals surface area contributed by atoms with Crippen LogP contribution in [0, 0.1) is 5.82 Å². The third kappa shape index (κ3) is 4.45. The lowest BCUT2D eigenvalue weighted by Gasteiger charge is -2.37. The molecule has 0 fully saturated rings.